The molecular formula is C14H23BrN2O2S. The molecule has 0 atom stereocenters. The first kappa shape index (κ1) is 17.6. The van der Waals surface area contributed by atoms with Crippen molar-refractivity contribution >= 4 is 26.0 Å². The Morgan fingerprint density at radius 2 is 1.90 bits per heavy atom. The van der Waals surface area contributed by atoms with Crippen LogP contribution in [0.5, 0.6) is 0 Å². The predicted molar refractivity (Wildman–Crippen MR) is 86.2 cm³/mol. The first-order valence-electron chi connectivity index (χ1n) is 6.58. The van der Waals surface area contributed by atoms with E-state index < -0.39 is 10.0 Å². The minimum Gasteiger partial charge on any atom is -0.316 e. The van der Waals surface area contributed by atoms with Gasteiger partial charge >= 0.3 is 0 Å². The maximum atomic E-state index is 12.3. The Bertz CT molecular complexity index is 551. The summed E-state index contributed by atoms with van der Waals surface area (Å²) in [6, 6.07) is 5.28. The Morgan fingerprint density at radius 3 is 2.40 bits per heavy atom. The Kier molecular flexibility index (Phi) is 6.19. The highest BCUT2D eigenvalue weighted by atomic mass is 79.9. The van der Waals surface area contributed by atoms with Crippen LogP contribution in [0, 0.1) is 5.41 Å². The van der Waals surface area contributed by atoms with Crippen molar-refractivity contribution < 1.29 is 8.42 Å². The van der Waals surface area contributed by atoms with Gasteiger partial charge in [0.25, 0.3) is 0 Å². The highest BCUT2D eigenvalue weighted by Gasteiger charge is 2.19. The minimum atomic E-state index is -3.46. The van der Waals surface area contributed by atoms with Crippen LogP contribution in [-0.2, 0) is 16.6 Å². The topological polar surface area (TPSA) is 58.2 Å². The molecule has 6 heteroatoms. The van der Waals surface area contributed by atoms with Crippen LogP contribution in [0.2, 0.25) is 0 Å². The molecule has 0 aliphatic heterocycles. The van der Waals surface area contributed by atoms with Gasteiger partial charge in [-0.1, -0.05) is 26.8 Å². The Hall–Kier alpha value is -0.430. The molecule has 1 aromatic carbocycles. The zero-order chi connectivity index (χ0) is 15.4. The second-order valence-electron chi connectivity index (χ2n) is 6.00. The third-order valence-corrected chi connectivity index (χ3v) is 5.27. The standard InChI is InChI=1S/C14H23BrN2O2S/c1-14(2,3)7-8-17-20(18,19)13-6-5-11(10-16-4)9-12(13)15/h5-6,9,16-17H,7-8,10H2,1-4H3. The van der Waals surface area contributed by atoms with Gasteiger partial charge in [0.05, 0.1) is 4.90 Å². The Morgan fingerprint density at radius 1 is 1.25 bits per heavy atom. The van der Waals surface area contributed by atoms with Gasteiger partial charge in [0.1, 0.15) is 0 Å². The van der Waals surface area contributed by atoms with Crippen LogP contribution in [0.1, 0.15) is 32.8 Å². The second-order valence-corrected chi connectivity index (χ2v) is 8.59. The third kappa shape index (κ3) is 5.52. The zero-order valence-electron chi connectivity index (χ0n) is 12.5. The van der Waals surface area contributed by atoms with E-state index in [1.807, 2.05) is 19.2 Å². The Balaban J connectivity index is 2.82. The minimum absolute atomic E-state index is 0.108. The van der Waals surface area contributed by atoms with Crippen LogP contribution in [0.25, 0.3) is 0 Å². The van der Waals surface area contributed by atoms with Crippen molar-refractivity contribution in [1.29, 1.82) is 0 Å². The van der Waals surface area contributed by atoms with Gasteiger partial charge in [0, 0.05) is 17.6 Å². The largest absolute Gasteiger partial charge is 0.316 e. The highest BCUT2D eigenvalue weighted by molar-refractivity contribution is 9.10. The monoisotopic (exact) mass is 362 g/mol. The van der Waals surface area contributed by atoms with Crippen LogP contribution in [0.3, 0.4) is 0 Å². The summed E-state index contributed by atoms with van der Waals surface area (Å²) in [6.45, 7) is 7.41. The van der Waals surface area contributed by atoms with Crippen molar-refractivity contribution in [3.05, 3.63) is 28.2 Å². The summed E-state index contributed by atoms with van der Waals surface area (Å²) in [5.74, 6) is 0. The van der Waals surface area contributed by atoms with Crippen LogP contribution >= 0.6 is 15.9 Å². The summed E-state index contributed by atoms with van der Waals surface area (Å²) in [5, 5.41) is 3.03. The number of hydrogen-bond donors (Lipinski definition) is 2. The fraction of sp³-hybridized carbons (Fsp3) is 0.571. The molecule has 0 aliphatic carbocycles. The summed E-state index contributed by atoms with van der Waals surface area (Å²) < 4.78 is 27.7. The fourth-order valence-corrected chi connectivity index (χ4v) is 3.87. The highest BCUT2D eigenvalue weighted by Crippen LogP contribution is 2.24. The third-order valence-electron chi connectivity index (χ3n) is 2.83. The van der Waals surface area contributed by atoms with Gasteiger partial charge in [-0.3, -0.25) is 0 Å². The lowest BCUT2D eigenvalue weighted by Gasteiger charge is -2.18. The van der Waals surface area contributed by atoms with Crippen molar-refractivity contribution in [3.63, 3.8) is 0 Å². The van der Waals surface area contributed by atoms with E-state index in [9.17, 15) is 8.42 Å². The lowest BCUT2D eigenvalue weighted by Crippen LogP contribution is -2.27. The smallest absolute Gasteiger partial charge is 0.241 e. The molecule has 1 aromatic rings. The molecular weight excluding hydrogens is 340 g/mol. The summed E-state index contributed by atoms with van der Waals surface area (Å²) >= 11 is 3.34. The quantitative estimate of drug-likeness (QED) is 0.817. The van der Waals surface area contributed by atoms with Crippen LogP contribution in [-0.4, -0.2) is 22.0 Å². The van der Waals surface area contributed by atoms with Gasteiger partial charge in [-0.15, -0.1) is 0 Å². The van der Waals surface area contributed by atoms with Crippen molar-refractivity contribution in [2.45, 2.75) is 38.6 Å². The number of hydrogen-bond acceptors (Lipinski definition) is 3. The summed E-state index contributed by atoms with van der Waals surface area (Å²) in [7, 11) is -1.61. The molecule has 0 aromatic heterocycles. The molecule has 0 amide bonds. The average Bonchev–Trinajstić information content (AvgIpc) is 2.26. The molecule has 114 valence electrons. The number of benzene rings is 1. The van der Waals surface area contributed by atoms with E-state index in [4.69, 9.17) is 0 Å². The maximum absolute atomic E-state index is 12.3. The number of nitrogens with one attached hydrogen (secondary N) is 2. The van der Waals surface area contributed by atoms with Crippen molar-refractivity contribution in [2.75, 3.05) is 13.6 Å². The van der Waals surface area contributed by atoms with Crippen LogP contribution in [0.4, 0.5) is 0 Å². The van der Waals surface area contributed by atoms with Crippen molar-refractivity contribution in [2.24, 2.45) is 5.41 Å². The summed E-state index contributed by atoms with van der Waals surface area (Å²) in [4.78, 5) is 0.284. The van der Waals surface area contributed by atoms with E-state index in [0.29, 0.717) is 17.6 Å². The maximum Gasteiger partial charge on any atom is 0.241 e. The molecule has 0 saturated carbocycles. The fourth-order valence-electron chi connectivity index (χ4n) is 1.71. The van der Waals surface area contributed by atoms with Gasteiger partial charge < -0.3 is 5.32 Å². The molecule has 0 saturated heterocycles. The molecule has 2 N–H and O–H groups in total. The van der Waals surface area contributed by atoms with Gasteiger partial charge in [-0.25, -0.2) is 13.1 Å². The first-order chi connectivity index (χ1) is 9.15. The van der Waals surface area contributed by atoms with E-state index in [-0.39, 0.29) is 10.3 Å². The molecule has 20 heavy (non-hydrogen) atoms. The van der Waals surface area contributed by atoms with E-state index in [0.717, 1.165) is 12.0 Å². The molecule has 0 radical (unpaired) electrons. The van der Waals surface area contributed by atoms with Gasteiger partial charge in [0.2, 0.25) is 10.0 Å². The predicted octanol–water partition coefficient (Wildman–Crippen LogP) is 2.88. The van der Waals surface area contributed by atoms with Crippen molar-refractivity contribution in [1.82, 2.24) is 10.0 Å². The lowest BCUT2D eigenvalue weighted by molar-refractivity contribution is 0.378. The van der Waals surface area contributed by atoms with Crippen LogP contribution in [0.15, 0.2) is 27.6 Å². The number of halogens is 1. The summed E-state index contributed by atoms with van der Waals surface area (Å²) in [5.41, 5.74) is 1.14. The molecule has 0 bridgehead atoms. The van der Waals surface area contributed by atoms with E-state index in [1.54, 1.807) is 6.07 Å². The van der Waals surface area contributed by atoms with E-state index in [2.05, 4.69) is 46.7 Å². The SMILES string of the molecule is CNCc1ccc(S(=O)(=O)NCCC(C)(C)C)c(Br)c1. The van der Waals surface area contributed by atoms with Crippen molar-refractivity contribution in [3.8, 4) is 0 Å². The summed E-state index contributed by atoms with van der Waals surface area (Å²) in [6.07, 6.45) is 0.793. The van der Waals surface area contributed by atoms with Gasteiger partial charge in [0.15, 0.2) is 0 Å². The van der Waals surface area contributed by atoms with Crippen LogP contribution < -0.4 is 10.0 Å². The molecule has 0 fully saturated rings. The molecule has 1 rings (SSSR count). The molecule has 0 unspecified atom stereocenters. The second kappa shape index (κ2) is 7.02. The normalized spacial score (nSPS) is 12.7. The average molecular weight is 363 g/mol. The van der Waals surface area contributed by atoms with Gasteiger partial charge in [-0.05, 0) is 52.5 Å². The first-order valence-corrected chi connectivity index (χ1v) is 8.86. The Labute approximate surface area is 130 Å². The number of rotatable bonds is 6. The van der Waals surface area contributed by atoms with E-state index >= 15 is 0 Å². The molecule has 0 aliphatic rings. The molecule has 0 spiro atoms. The zero-order valence-corrected chi connectivity index (χ0v) is 14.9. The van der Waals surface area contributed by atoms with Gasteiger partial charge in [-0.2, -0.15) is 0 Å². The lowest BCUT2D eigenvalue weighted by atomic mass is 9.93. The molecule has 4 nitrogen and oxygen atoms in total. The number of sulfonamides is 1. The molecule has 0 heterocycles. The van der Waals surface area contributed by atoms with E-state index in [1.165, 1.54) is 0 Å².